The highest BCUT2D eigenvalue weighted by Gasteiger charge is 2.32. The summed E-state index contributed by atoms with van der Waals surface area (Å²) in [4.78, 5) is 5.67. The number of anilines is 2. The van der Waals surface area contributed by atoms with Crippen LogP contribution in [-0.4, -0.2) is 39.3 Å². The van der Waals surface area contributed by atoms with Gasteiger partial charge < -0.3 is 14.8 Å². The summed E-state index contributed by atoms with van der Waals surface area (Å²) in [5.41, 5.74) is 1.74. The lowest BCUT2D eigenvalue weighted by Gasteiger charge is -2.37. The molecule has 188 valence electrons. The molecule has 2 heterocycles. The molecule has 0 radical (unpaired) electrons. The van der Waals surface area contributed by atoms with Gasteiger partial charge in [0.15, 0.2) is 5.13 Å². The summed E-state index contributed by atoms with van der Waals surface area (Å²) in [6, 6.07) is 11.8. The number of thiazole rings is 1. The highest BCUT2D eigenvalue weighted by Crippen LogP contribution is 2.39. The third kappa shape index (κ3) is 5.74. The van der Waals surface area contributed by atoms with Crippen LogP contribution in [0.25, 0.3) is 10.4 Å². The van der Waals surface area contributed by atoms with Crippen molar-refractivity contribution >= 4 is 43.8 Å². The van der Waals surface area contributed by atoms with Gasteiger partial charge in [-0.3, -0.25) is 4.72 Å². The maximum absolute atomic E-state index is 13.3. The topological polar surface area (TPSA) is 89.5 Å². The van der Waals surface area contributed by atoms with Crippen molar-refractivity contribution in [2.45, 2.75) is 44.0 Å². The maximum Gasteiger partial charge on any atom is 0.265 e. The Balaban J connectivity index is 1.64. The second-order valence-electron chi connectivity index (χ2n) is 9.12. The van der Waals surface area contributed by atoms with Crippen LogP contribution in [-0.2, 0) is 14.8 Å². The van der Waals surface area contributed by atoms with Gasteiger partial charge in [-0.25, -0.2) is 13.4 Å². The molecule has 0 saturated carbocycles. The molecule has 4 rings (SSSR count). The fraction of sp³-hybridized carbons (Fsp3) is 0.400. The Morgan fingerprint density at radius 3 is 2.57 bits per heavy atom. The van der Waals surface area contributed by atoms with Gasteiger partial charge in [-0.15, -0.1) is 0 Å². The van der Waals surface area contributed by atoms with E-state index in [2.05, 4.69) is 23.9 Å². The summed E-state index contributed by atoms with van der Waals surface area (Å²) >= 11 is 7.68. The van der Waals surface area contributed by atoms with E-state index in [0.717, 1.165) is 47.3 Å². The number of rotatable bonds is 8. The molecule has 0 amide bonds. The molecule has 2 N–H and O–H groups in total. The first kappa shape index (κ1) is 25.8. The van der Waals surface area contributed by atoms with Crippen LogP contribution in [0.1, 0.15) is 32.4 Å². The van der Waals surface area contributed by atoms with Crippen LogP contribution in [0.15, 0.2) is 47.4 Å². The number of benzene rings is 2. The highest BCUT2D eigenvalue weighted by atomic mass is 35.5. The second-order valence-corrected chi connectivity index (χ2v) is 12.2. The van der Waals surface area contributed by atoms with Crippen molar-refractivity contribution in [1.29, 1.82) is 0 Å². The molecule has 35 heavy (non-hydrogen) atoms. The number of aryl methyl sites for hydroxylation is 1. The number of ether oxygens (including phenoxy) is 2. The summed E-state index contributed by atoms with van der Waals surface area (Å²) < 4.78 is 40.0. The molecule has 0 bridgehead atoms. The van der Waals surface area contributed by atoms with Crippen molar-refractivity contribution in [1.82, 2.24) is 4.98 Å². The molecule has 0 aliphatic carbocycles. The molecular weight excluding hydrogens is 506 g/mol. The first-order chi connectivity index (χ1) is 16.6. The van der Waals surface area contributed by atoms with Gasteiger partial charge in [0.05, 0.1) is 28.4 Å². The lowest BCUT2D eigenvalue weighted by molar-refractivity contribution is 0.0491. The van der Waals surface area contributed by atoms with E-state index in [1.807, 2.05) is 13.0 Å². The molecule has 3 aromatic rings. The maximum atomic E-state index is 13.3. The number of hydrogen-bond donors (Lipinski definition) is 2. The minimum absolute atomic E-state index is 0.0299. The average molecular weight is 536 g/mol. The SMILES string of the molecule is COc1ccc(-c2sc(NC(C)(C)C3CCOCC3)nc2C)cc1S(=O)(=O)Nc1ccccc1Cl. The van der Waals surface area contributed by atoms with Crippen LogP contribution in [0.4, 0.5) is 10.8 Å². The van der Waals surface area contributed by atoms with Crippen molar-refractivity contribution in [2.75, 3.05) is 30.4 Å². The predicted octanol–water partition coefficient (Wildman–Crippen LogP) is 6.20. The van der Waals surface area contributed by atoms with Crippen molar-refractivity contribution in [3.8, 4) is 16.2 Å². The summed E-state index contributed by atoms with van der Waals surface area (Å²) in [5, 5.41) is 4.73. The molecule has 1 aliphatic heterocycles. The Morgan fingerprint density at radius 1 is 1.17 bits per heavy atom. The Kier molecular flexibility index (Phi) is 7.61. The normalized spacial score (nSPS) is 15.1. The quantitative estimate of drug-likeness (QED) is 0.357. The molecule has 10 heteroatoms. The Hall–Kier alpha value is -2.33. The Bertz CT molecular complexity index is 1300. The molecule has 7 nitrogen and oxygen atoms in total. The molecule has 1 aliphatic rings. The second kappa shape index (κ2) is 10.3. The molecule has 1 aromatic heterocycles. The van der Waals surface area contributed by atoms with Crippen LogP contribution in [0.3, 0.4) is 0 Å². The average Bonchev–Trinajstić information content (AvgIpc) is 3.19. The van der Waals surface area contributed by atoms with Crippen LogP contribution in [0, 0.1) is 12.8 Å². The van der Waals surface area contributed by atoms with Gasteiger partial charge in [0.1, 0.15) is 10.6 Å². The van der Waals surface area contributed by atoms with Crippen molar-refractivity contribution in [2.24, 2.45) is 5.92 Å². The zero-order chi connectivity index (χ0) is 25.2. The smallest absolute Gasteiger partial charge is 0.265 e. The summed E-state index contributed by atoms with van der Waals surface area (Å²) in [6.07, 6.45) is 2.02. The standard InChI is InChI=1S/C25H30ClN3O4S2/c1-16-23(34-24(27-16)28-25(2,3)18-11-13-33-14-12-18)17-9-10-21(32-4)22(15-17)35(30,31)29-20-8-6-5-7-19(20)26/h5-10,15,18,29H,11-14H2,1-4H3,(H,27,28). The predicted molar refractivity (Wildman–Crippen MR) is 142 cm³/mol. The Labute approximate surface area is 215 Å². The van der Waals surface area contributed by atoms with E-state index < -0.39 is 10.0 Å². The van der Waals surface area contributed by atoms with Crippen LogP contribution < -0.4 is 14.8 Å². The van der Waals surface area contributed by atoms with E-state index in [1.54, 1.807) is 36.4 Å². The van der Waals surface area contributed by atoms with Crippen LogP contribution >= 0.6 is 22.9 Å². The van der Waals surface area contributed by atoms with Crippen molar-refractivity contribution in [3.63, 3.8) is 0 Å². The highest BCUT2D eigenvalue weighted by molar-refractivity contribution is 7.92. The van der Waals surface area contributed by atoms with Crippen molar-refractivity contribution < 1.29 is 17.9 Å². The van der Waals surface area contributed by atoms with E-state index in [9.17, 15) is 8.42 Å². The van der Waals surface area contributed by atoms with Gasteiger partial charge >= 0.3 is 0 Å². The van der Waals surface area contributed by atoms with Gasteiger partial charge in [0.2, 0.25) is 0 Å². The molecule has 0 spiro atoms. The minimum atomic E-state index is -3.96. The number of halogens is 1. The third-order valence-electron chi connectivity index (χ3n) is 6.30. The number of nitrogens with zero attached hydrogens (tertiary/aromatic N) is 1. The van der Waals surface area contributed by atoms with Gasteiger partial charge in [-0.2, -0.15) is 0 Å². The fourth-order valence-corrected chi connectivity index (χ4v) is 6.93. The van der Waals surface area contributed by atoms with Gasteiger partial charge in [-0.05, 0) is 75.4 Å². The van der Waals surface area contributed by atoms with E-state index >= 15 is 0 Å². The minimum Gasteiger partial charge on any atom is -0.495 e. The van der Waals surface area contributed by atoms with E-state index in [0.29, 0.717) is 16.6 Å². The molecule has 1 fully saturated rings. The van der Waals surface area contributed by atoms with Gasteiger partial charge in [0.25, 0.3) is 10.0 Å². The number of methoxy groups -OCH3 is 1. The summed E-state index contributed by atoms with van der Waals surface area (Å²) in [7, 11) is -2.51. The van der Waals surface area contributed by atoms with Crippen LogP contribution in [0.5, 0.6) is 5.75 Å². The number of nitrogens with one attached hydrogen (secondary N) is 2. The zero-order valence-electron chi connectivity index (χ0n) is 20.2. The number of para-hydroxylation sites is 1. The van der Waals surface area contributed by atoms with Crippen LogP contribution in [0.2, 0.25) is 5.02 Å². The monoisotopic (exact) mass is 535 g/mol. The molecule has 1 saturated heterocycles. The summed E-state index contributed by atoms with van der Waals surface area (Å²) in [5.74, 6) is 0.729. The fourth-order valence-electron chi connectivity index (χ4n) is 4.29. The first-order valence-electron chi connectivity index (χ1n) is 11.4. The first-order valence-corrected chi connectivity index (χ1v) is 14.1. The van der Waals surface area contributed by atoms with Crippen molar-refractivity contribution in [3.05, 3.63) is 53.2 Å². The zero-order valence-corrected chi connectivity index (χ0v) is 22.6. The van der Waals surface area contributed by atoms with Gasteiger partial charge in [0, 0.05) is 18.8 Å². The molecule has 2 aromatic carbocycles. The lowest BCUT2D eigenvalue weighted by Crippen LogP contribution is -2.42. The molecular formula is C25H30ClN3O4S2. The molecule has 0 atom stereocenters. The lowest BCUT2D eigenvalue weighted by atomic mass is 9.82. The van der Waals surface area contributed by atoms with E-state index in [-0.39, 0.29) is 16.2 Å². The number of aromatic nitrogens is 1. The molecule has 0 unspecified atom stereocenters. The third-order valence-corrected chi connectivity index (χ3v) is 9.14. The number of hydrogen-bond acceptors (Lipinski definition) is 7. The van der Waals surface area contributed by atoms with Gasteiger partial charge in [-0.1, -0.05) is 35.1 Å². The van der Waals surface area contributed by atoms with E-state index in [1.165, 1.54) is 18.4 Å². The number of sulfonamides is 1. The summed E-state index contributed by atoms with van der Waals surface area (Å²) in [6.45, 7) is 7.88. The Morgan fingerprint density at radius 2 is 1.89 bits per heavy atom. The van der Waals surface area contributed by atoms with E-state index in [4.69, 9.17) is 26.1 Å². The largest absolute Gasteiger partial charge is 0.495 e.